The average molecular weight is 484 g/mol. The molecule has 32 heavy (non-hydrogen) atoms. The van der Waals surface area contributed by atoms with Crippen LogP contribution in [0.2, 0.25) is 5.02 Å². The molecule has 2 atom stereocenters. The van der Waals surface area contributed by atoms with E-state index in [9.17, 15) is 17.6 Å². The van der Waals surface area contributed by atoms with Gasteiger partial charge in [-0.1, -0.05) is 11.6 Å². The summed E-state index contributed by atoms with van der Waals surface area (Å²) in [6.45, 7) is 0. The molecule has 1 aromatic heterocycles. The third-order valence-corrected chi connectivity index (χ3v) is 8.03. The summed E-state index contributed by atoms with van der Waals surface area (Å²) in [7, 11) is -1.48. The number of nitrogen functional groups attached to an aromatic ring is 1. The van der Waals surface area contributed by atoms with Gasteiger partial charge in [-0.3, -0.25) is 9.48 Å². The monoisotopic (exact) mass is 483 g/mol. The van der Waals surface area contributed by atoms with Crippen molar-refractivity contribution in [2.75, 3.05) is 23.1 Å². The predicted octanol–water partition coefficient (Wildman–Crippen LogP) is 2.69. The Kier molecular flexibility index (Phi) is 5.75. The number of rotatable bonds is 5. The molecule has 5 N–H and O–H groups in total. The molecule has 0 radical (unpaired) electrons. The number of carbonyl (C=O) groups excluding carboxylic acids is 1. The van der Waals surface area contributed by atoms with Gasteiger partial charge in [-0.2, -0.15) is 5.10 Å². The second-order valence-electron chi connectivity index (χ2n) is 9.38. The van der Waals surface area contributed by atoms with E-state index in [4.69, 9.17) is 23.1 Å². The topological polar surface area (TPSA) is 133 Å². The van der Waals surface area contributed by atoms with Crippen LogP contribution in [0.4, 0.5) is 15.9 Å². The molecule has 2 fully saturated rings. The lowest BCUT2D eigenvalue weighted by atomic mass is 9.91. The summed E-state index contributed by atoms with van der Waals surface area (Å²) >= 11 is 5.82. The van der Waals surface area contributed by atoms with Crippen LogP contribution in [0.1, 0.15) is 47.7 Å². The molecule has 2 saturated carbocycles. The number of hydrogen-bond donors (Lipinski definition) is 3. The lowest BCUT2D eigenvalue weighted by molar-refractivity contribution is 0.102. The van der Waals surface area contributed by atoms with Crippen molar-refractivity contribution in [2.24, 2.45) is 24.6 Å². The molecule has 2 aliphatic rings. The van der Waals surface area contributed by atoms with E-state index in [2.05, 4.69) is 10.4 Å². The van der Waals surface area contributed by atoms with Gasteiger partial charge in [0.05, 0.1) is 16.5 Å². The van der Waals surface area contributed by atoms with E-state index in [-0.39, 0.29) is 34.3 Å². The molecule has 2 unspecified atom stereocenters. The van der Waals surface area contributed by atoms with Gasteiger partial charge in [0.25, 0.3) is 5.91 Å². The van der Waals surface area contributed by atoms with E-state index < -0.39 is 27.1 Å². The lowest BCUT2D eigenvalue weighted by Gasteiger charge is -2.25. The number of aromatic nitrogens is 2. The molecular formula is C21H27ClFN5O3S. The molecule has 0 aliphatic heterocycles. The second kappa shape index (κ2) is 8.00. The third-order valence-electron chi connectivity index (χ3n) is 6.64. The number of benzene rings is 1. The average Bonchev–Trinajstić information content (AvgIpc) is 3.26. The Balaban J connectivity index is 1.53. The molecular weight excluding hydrogens is 457 g/mol. The lowest BCUT2D eigenvalue weighted by Crippen LogP contribution is -2.44. The summed E-state index contributed by atoms with van der Waals surface area (Å²) in [6, 6.07) is 3.94. The first-order valence-electron chi connectivity index (χ1n) is 10.4. The van der Waals surface area contributed by atoms with E-state index in [1.165, 1.54) is 29.1 Å². The van der Waals surface area contributed by atoms with Crippen molar-refractivity contribution in [3.8, 4) is 0 Å². The maximum atomic E-state index is 13.4. The number of hydrogen-bond acceptors (Lipinski definition) is 6. The smallest absolute Gasteiger partial charge is 0.261 e. The summed E-state index contributed by atoms with van der Waals surface area (Å²) < 4.78 is 38.4. The van der Waals surface area contributed by atoms with Crippen molar-refractivity contribution in [3.05, 3.63) is 40.3 Å². The van der Waals surface area contributed by atoms with Gasteiger partial charge in [-0.15, -0.1) is 0 Å². The van der Waals surface area contributed by atoms with Gasteiger partial charge in [0, 0.05) is 30.4 Å². The number of anilines is 2. The Morgan fingerprint density at radius 3 is 2.53 bits per heavy atom. The largest absolute Gasteiger partial charge is 0.383 e. The highest BCUT2D eigenvalue weighted by Crippen LogP contribution is 2.53. The van der Waals surface area contributed by atoms with Crippen LogP contribution in [-0.4, -0.2) is 41.7 Å². The first kappa shape index (κ1) is 23.0. The normalized spacial score (nSPS) is 27.5. The van der Waals surface area contributed by atoms with Crippen molar-refractivity contribution in [2.45, 2.75) is 37.1 Å². The molecule has 0 spiro atoms. The fourth-order valence-corrected chi connectivity index (χ4v) is 7.01. The van der Waals surface area contributed by atoms with Crippen molar-refractivity contribution in [3.63, 3.8) is 0 Å². The summed E-state index contributed by atoms with van der Waals surface area (Å²) in [5, 5.41) is 7.16. The maximum absolute atomic E-state index is 13.4. The van der Waals surface area contributed by atoms with Crippen molar-refractivity contribution < 1.29 is 17.6 Å². The molecule has 11 heteroatoms. The molecule has 0 bridgehead atoms. The van der Waals surface area contributed by atoms with Crippen LogP contribution in [0, 0.1) is 17.7 Å². The molecule has 174 valence electrons. The van der Waals surface area contributed by atoms with Gasteiger partial charge in [0.15, 0.2) is 0 Å². The van der Waals surface area contributed by atoms with E-state index in [1.54, 1.807) is 7.05 Å². The van der Waals surface area contributed by atoms with Crippen LogP contribution in [0.15, 0.2) is 18.2 Å². The zero-order valence-electron chi connectivity index (χ0n) is 17.9. The minimum Gasteiger partial charge on any atom is -0.383 e. The molecule has 4 rings (SSSR count). The van der Waals surface area contributed by atoms with E-state index in [0.717, 1.165) is 12.8 Å². The number of sulfone groups is 1. The minimum atomic E-state index is -3.16. The standard InChI is InChI=1S/C21H27ClFN5O3S/c1-28-19(24)17(20(29)26-14-3-4-16(23)15(22)7-14)18(27-28)11-5-12-8-21(25,9-13(12)6-11)10-32(2,30)31/h3-4,7,11-13H,5-6,8-10,24-25H2,1-2H3,(H,26,29). The highest BCUT2D eigenvalue weighted by molar-refractivity contribution is 7.90. The van der Waals surface area contributed by atoms with Gasteiger partial charge in [0.1, 0.15) is 27.0 Å². The molecule has 1 amide bonds. The fraction of sp³-hybridized carbons (Fsp3) is 0.524. The number of nitrogens with two attached hydrogens (primary N) is 2. The summed E-state index contributed by atoms with van der Waals surface area (Å²) in [6.07, 6.45) is 4.03. The van der Waals surface area contributed by atoms with Gasteiger partial charge in [-0.05, 0) is 55.7 Å². The fourth-order valence-electron chi connectivity index (χ4n) is 5.55. The van der Waals surface area contributed by atoms with Gasteiger partial charge in [-0.25, -0.2) is 12.8 Å². The van der Waals surface area contributed by atoms with Crippen LogP contribution >= 0.6 is 11.6 Å². The van der Waals surface area contributed by atoms with Gasteiger partial charge in [0.2, 0.25) is 0 Å². The molecule has 1 aromatic carbocycles. The highest BCUT2D eigenvalue weighted by atomic mass is 35.5. The Labute approximate surface area is 191 Å². The molecule has 2 aromatic rings. The van der Waals surface area contributed by atoms with Crippen molar-refractivity contribution >= 4 is 38.9 Å². The predicted molar refractivity (Wildman–Crippen MR) is 122 cm³/mol. The zero-order valence-corrected chi connectivity index (χ0v) is 19.5. The SMILES string of the molecule is Cn1nc(C2CC3CC(N)(CS(C)(=O)=O)CC3C2)c(C(=O)Nc2ccc(F)c(Cl)c2)c1N. The maximum Gasteiger partial charge on any atom is 0.261 e. The van der Waals surface area contributed by atoms with E-state index >= 15 is 0 Å². The summed E-state index contributed by atoms with van der Waals surface area (Å²) in [4.78, 5) is 13.1. The number of halogens is 2. The van der Waals surface area contributed by atoms with E-state index in [1.807, 2.05) is 0 Å². The van der Waals surface area contributed by atoms with Gasteiger partial charge < -0.3 is 16.8 Å². The number of carbonyl (C=O) groups is 1. The van der Waals surface area contributed by atoms with Crippen LogP contribution in [0.3, 0.4) is 0 Å². The quantitative estimate of drug-likeness (QED) is 0.598. The zero-order chi connectivity index (χ0) is 23.4. The Morgan fingerprint density at radius 1 is 1.34 bits per heavy atom. The first-order valence-corrected chi connectivity index (χ1v) is 12.8. The number of amides is 1. The first-order chi connectivity index (χ1) is 14.8. The second-order valence-corrected chi connectivity index (χ2v) is 11.9. The van der Waals surface area contributed by atoms with Gasteiger partial charge >= 0.3 is 0 Å². The highest BCUT2D eigenvalue weighted by Gasteiger charge is 2.50. The number of nitrogens with zero attached hydrogens (tertiary/aromatic N) is 2. The van der Waals surface area contributed by atoms with Crippen LogP contribution in [-0.2, 0) is 16.9 Å². The third kappa shape index (κ3) is 4.49. The van der Waals surface area contributed by atoms with E-state index in [0.29, 0.717) is 29.8 Å². The van der Waals surface area contributed by atoms with Crippen LogP contribution in [0.5, 0.6) is 0 Å². The van der Waals surface area contributed by atoms with Crippen molar-refractivity contribution in [1.82, 2.24) is 9.78 Å². The minimum absolute atomic E-state index is 0.0118. The van der Waals surface area contributed by atoms with Crippen molar-refractivity contribution in [1.29, 1.82) is 0 Å². The molecule has 1 heterocycles. The van der Waals surface area contributed by atoms with Crippen LogP contribution in [0.25, 0.3) is 0 Å². The summed E-state index contributed by atoms with van der Waals surface area (Å²) in [5.74, 6) is -0.195. The summed E-state index contributed by atoms with van der Waals surface area (Å²) in [5.41, 5.74) is 13.2. The number of nitrogens with one attached hydrogen (secondary N) is 1. The number of fused-ring (bicyclic) bond motifs is 1. The molecule has 8 nitrogen and oxygen atoms in total. The Morgan fingerprint density at radius 2 is 1.97 bits per heavy atom. The number of aryl methyl sites for hydroxylation is 1. The Hall–Kier alpha value is -2.17. The molecule has 2 aliphatic carbocycles. The molecule has 0 saturated heterocycles. The van der Waals surface area contributed by atoms with Crippen LogP contribution < -0.4 is 16.8 Å². The Bertz CT molecular complexity index is 1170.